The van der Waals surface area contributed by atoms with Gasteiger partial charge in [0.05, 0.1) is 24.1 Å². The van der Waals surface area contributed by atoms with Crippen molar-refractivity contribution in [1.82, 2.24) is 0 Å². The van der Waals surface area contributed by atoms with Gasteiger partial charge in [-0.05, 0) is 32.6 Å². The van der Waals surface area contributed by atoms with Crippen molar-refractivity contribution in [3.05, 3.63) is 17.9 Å². The minimum atomic E-state index is -0.425. The number of ether oxygens (including phenoxy) is 2. The normalized spacial score (nSPS) is 18.8. The van der Waals surface area contributed by atoms with Crippen LogP contribution in [0.5, 0.6) is 5.75 Å². The molecule has 20 heavy (non-hydrogen) atoms. The van der Waals surface area contributed by atoms with Gasteiger partial charge in [-0.25, -0.2) is 4.39 Å². The Morgan fingerprint density at radius 3 is 3.00 bits per heavy atom. The van der Waals surface area contributed by atoms with E-state index in [1.54, 1.807) is 6.07 Å². The van der Waals surface area contributed by atoms with E-state index in [1.807, 2.05) is 6.92 Å². The smallest absolute Gasteiger partial charge is 0.167 e. The summed E-state index contributed by atoms with van der Waals surface area (Å²) in [7, 11) is 0. The summed E-state index contributed by atoms with van der Waals surface area (Å²) in [4.78, 5) is 0. The molecule has 0 aromatic heterocycles. The minimum Gasteiger partial charge on any atom is -0.491 e. The van der Waals surface area contributed by atoms with Gasteiger partial charge in [-0.3, -0.25) is 0 Å². The van der Waals surface area contributed by atoms with Crippen molar-refractivity contribution >= 4 is 11.4 Å². The highest BCUT2D eigenvalue weighted by Gasteiger charge is 2.14. The molecule has 1 aromatic carbocycles. The van der Waals surface area contributed by atoms with E-state index in [4.69, 9.17) is 15.2 Å². The van der Waals surface area contributed by atoms with Crippen LogP contribution in [0.4, 0.5) is 15.8 Å². The Balaban J connectivity index is 1.89. The van der Waals surface area contributed by atoms with Gasteiger partial charge in [0.15, 0.2) is 11.6 Å². The standard InChI is InChI=1S/C15H23FN2O2/c1-2-19-15-10-14(13(17)9-12(15)16)18-7-6-11-5-3-4-8-20-11/h9-11,18H,2-8,17H2,1H3. The molecule has 1 saturated heterocycles. The predicted octanol–water partition coefficient (Wildman–Crippen LogP) is 3.18. The average molecular weight is 282 g/mol. The summed E-state index contributed by atoms with van der Waals surface area (Å²) in [5.41, 5.74) is 6.93. The Morgan fingerprint density at radius 1 is 1.45 bits per heavy atom. The number of halogens is 1. The fraction of sp³-hybridized carbons (Fsp3) is 0.600. The van der Waals surface area contributed by atoms with Crippen LogP contribution in [-0.4, -0.2) is 25.9 Å². The molecule has 1 aromatic rings. The van der Waals surface area contributed by atoms with E-state index in [9.17, 15) is 4.39 Å². The highest BCUT2D eigenvalue weighted by Crippen LogP contribution is 2.28. The van der Waals surface area contributed by atoms with E-state index in [2.05, 4.69) is 5.32 Å². The Labute approximate surface area is 119 Å². The number of hydrogen-bond acceptors (Lipinski definition) is 4. The van der Waals surface area contributed by atoms with Gasteiger partial charge in [-0.1, -0.05) is 0 Å². The molecule has 1 aliphatic rings. The number of rotatable bonds is 6. The molecule has 2 rings (SSSR count). The quantitative estimate of drug-likeness (QED) is 0.787. The lowest BCUT2D eigenvalue weighted by Crippen LogP contribution is -2.22. The molecule has 0 spiro atoms. The summed E-state index contributed by atoms with van der Waals surface area (Å²) in [6.45, 7) is 3.86. The minimum absolute atomic E-state index is 0.234. The highest BCUT2D eigenvalue weighted by atomic mass is 19.1. The second kappa shape index (κ2) is 7.33. The maximum absolute atomic E-state index is 13.6. The second-order valence-electron chi connectivity index (χ2n) is 5.01. The van der Waals surface area contributed by atoms with Gasteiger partial charge >= 0.3 is 0 Å². The van der Waals surface area contributed by atoms with Crippen LogP contribution in [0.25, 0.3) is 0 Å². The lowest BCUT2D eigenvalue weighted by molar-refractivity contribution is 0.0134. The van der Waals surface area contributed by atoms with Crippen molar-refractivity contribution < 1.29 is 13.9 Å². The molecule has 1 fully saturated rings. The van der Waals surface area contributed by atoms with Crippen molar-refractivity contribution in [2.24, 2.45) is 0 Å². The van der Waals surface area contributed by atoms with Crippen LogP contribution < -0.4 is 15.8 Å². The number of anilines is 2. The predicted molar refractivity (Wildman–Crippen MR) is 78.7 cm³/mol. The summed E-state index contributed by atoms with van der Waals surface area (Å²) in [5, 5.41) is 3.23. The first-order valence-electron chi connectivity index (χ1n) is 7.28. The van der Waals surface area contributed by atoms with Gasteiger partial charge in [0, 0.05) is 25.3 Å². The molecule has 5 heteroatoms. The van der Waals surface area contributed by atoms with Crippen molar-refractivity contribution in [2.75, 3.05) is 30.8 Å². The number of nitrogens with two attached hydrogens (primary N) is 1. The Morgan fingerprint density at radius 2 is 2.30 bits per heavy atom. The van der Waals surface area contributed by atoms with Gasteiger partial charge in [-0.15, -0.1) is 0 Å². The van der Waals surface area contributed by atoms with Crippen LogP contribution in [0.1, 0.15) is 32.6 Å². The Kier molecular flexibility index (Phi) is 5.47. The second-order valence-corrected chi connectivity index (χ2v) is 5.01. The third-order valence-electron chi connectivity index (χ3n) is 3.46. The molecule has 1 aliphatic heterocycles. The molecule has 0 saturated carbocycles. The van der Waals surface area contributed by atoms with Crippen LogP contribution in [0.3, 0.4) is 0 Å². The molecule has 1 atom stereocenters. The molecule has 0 radical (unpaired) electrons. The molecule has 0 bridgehead atoms. The number of benzene rings is 1. The van der Waals surface area contributed by atoms with Crippen molar-refractivity contribution in [1.29, 1.82) is 0 Å². The van der Waals surface area contributed by atoms with E-state index >= 15 is 0 Å². The average Bonchev–Trinajstić information content (AvgIpc) is 2.45. The van der Waals surface area contributed by atoms with Gasteiger partial charge in [0.25, 0.3) is 0 Å². The first-order valence-corrected chi connectivity index (χ1v) is 7.28. The van der Waals surface area contributed by atoms with Crippen LogP contribution in [0.2, 0.25) is 0 Å². The maximum Gasteiger partial charge on any atom is 0.167 e. The summed E-state index contributed by atoms with van der Waals surface area (Å²) >= 11 is 0. The summed E-state index contributed by atoms with van der Waals surface area (Å²) in [6, 6.07) is 2.92. The molecule has 1 heterocycles. The van der Waals surface area contributed by atoms with E-state index in [0.717, 1.165) is 32.4 Å². The number of nitrogen functional groups attached to an aromatic ring is 1. The largest absolute Gasteiger partial charge is 0.491 e. The highest BCUT2D eigenvalue weighted by molar-refractivity contribution is 5.68. The Bertz CT molecular complexity index is 434. The zero-order valence-corrected chi connectivity index (χ0v) is 12.0. The van der Waals surface area contributed by atoms with E-state index in [0.29, 0.717) is 24.1 Å². The first kappa shape index (κ1) is 14.9. The number of nitrogens with one attached hydrogen (secondary N) is 1. The van der Waals surface area contributed by atoms with E-state index < -0.39 is 5.82 Å². The van der Waals surface area contributed by atoms with Crippen molar-refractivity contribution in [3.8, 4) is 5.75 Å². The SMILES string of the molecule is CCOc1cc(NCCC2CCCCO2)c(N)cc1F. The first-order chi connectivity index (χ1) is 9.70. The van der Waals surface area contributed by atoms with Crippen LogP contribution in [-0.2, 0) is 4.74 Å². The molecule has 4 nitrogen and oxygen atoms in total. The van der Waals surface area contributed by atoms with Crippen LogP contribution in [0, 0.1) is 5.82 Å². The molecular formula is C15H23FN2O2. The lowest BCUT2D eigenvalue weighted by atomic mass is 10.1. The fourth-order valence-corrected chi connectivity index (χ4v) is 2.39. The molecule has 0 amide bonds. The monoisotopic (exact) mass is 282 g/mol. The molecule has 112 valence electrons. The summed E-state index contributed by atoms with van der Waals surface area (Å²) < 4.78 is 24.5. The summed E-state index contributed by atoms with van der Waals surface area (Å²) in [5.74, 6) is -0.191. The fourth-order valence-electron chi connectivity index (χ4n) is 2.39. The van der Waals surface area contributed by atoms with Crippen molar-refractivity contribution in [3.63, 3.8) is 0 Å². The molecule has 3 N–H and O–H groups in total. The third-order valence-corrected chi connectivity index (χ3v) is 3.46. The van der Waals surface area contributed by atoms with Gasteiger partial charge in [0.1, 0.15) is 0 Å². The van der Waals surface area contributed by atoms with E-state index in [-0.39, 0.29) is 5.75 Å². The Hall–Kier alpha value is -1.49. The molecule has 1 unspecified atom stereocenters. The van der Waals surface area contributed by atoms with Crippen LogP contribution >= 0.6 is 0 Å². The van der Waals surface area contributed by atoms with Crippen LogP contribution in [0.15, 0.2) is 12.1 Å². The lowest BCUT2D eigenvalue weighted by Gasteiger charge is -2.23. The third kappa shape index (κ3) is 4.00. The van der Waals surface area contributed by atoms with Gasteiger partial charge < -0.3 is 20.5 Å². The van der Waals surface area contributed by atoms with Gasteiger partial charge in [0.2, 0.25) is 0 Å². The van der Waals surface area contributed by atoms with Crippen molar-refractivity contribution in [2.45, 2.75) is 38.7 Å². The topological polar surface area (TPSA) is 56.5 Å². The van der Waals surface area contributed by atoms with E-state index in [1.165, 1.54) is 12.5 Å². The summed E-state index contributed by atoms with van der Waals surface area (Å²) in [6.07, 6.45) is 4.76. The zero-order valence-electron chi connectivity index (χ0n) is 12.0. The maximum atomic E-state index is 13.6. The zero-order chi connectivity index (χ0) is 14.4. The number of hydrogen-bond donors (Lipinski definition) is 2. The van der Waals surface area contributed by atoms with Gasteiger partial charge in [-0.2, -0.15) is 0 Å². The molecule has 0 aliphatic carbocycles. The molecular weight excluding hydrogens is 259 g/mol.